The fraction of sp³-hybridized carbons (Fsp3) is 0.375. The van der Waals surface area contributed by atoms with Crippen LogP contribution in [-0.4, -0.2) is 30.6 Å². The van der Waals surface area contributed by atoms with Crippen LogP contribution in [-0.2, 0) is 10.0 Å². The van der Waals surface area contributed by atoms with Gasteiger partial charge in [0.15, 0.2) is 0 Å². The van der Waals surface area contributed by atoms with Crippen molar-refractivity contribution in [1.29, 1.82) is 0 Å². The predicted molar refractivity (Wildman–Crippen MR) is 65.1 cm³/mol. The van der Waals surface area contributed by atoms with Gasteiger partial charge in [0, 0.05) is 6.07 Å². The van der Waals surface area contributed by atoms with Gasteiger partial charge in [0.25, 0.3) is 5.69 Å². The van der Waals surface area contributed by atoms with Gasteiger partial charge >= 0.3 is 0 Å². The molecule has 1 aromatic rings. The second-order valence-electron chi connectivity index (χ2n) is 3.35. The molecule has 1 rings (SSSR count). The fourth-order valence-electron chi connectivity index (χ4n) is 1.02. The highest BCUT2D eigenvalue weighted by molar-refractivity contribution is 7.89. The number of hydrogen-bond acceptors (Lipinski definition) is 7. The minimum atomic E-state index is -3.48. The van der Waals surface area contributed by atoms with Crippen LogP contribution in [0.25, 0.3) is 0 Å². The first-order chi connectivity index (χ1) is 8.44. The van der Waals surface area contributed by atoms with Crippen LogP contribution in [0.15, 0.2) is 18.3 Å². The van der Waals surface area contributed by atoms with Crippen LogP contribution in [0.3, 0.4) is 0 Å². The summed E-state index contributed by atoms with van der Waals surface area (Å²) in [5.74, 6) is 0.0562. The predicted octanol–water partition coefficient (Wildman–Crippen LogP) is -0.415. The Balaban J connectivity index is 2.56. The summed E-state index contributed by atoms with van der Waals surface area (Å²) < 4.78 is 22.7. The molecular weight excluding hydrogens is 262 g/mol. The average molecular weight is 275 g/mol. The lowest BCUT2D eigenvalue weighted by atomic mass is 10.4. The minimum Gasteiger partial charge on any atom is -0.330 e. The molecule has 1 aromatic heterocycles. The first-order valence-corrected chi connectivity index (χ1v) is 6.66. The molecule has 18 heavy (non-hydrogen) atoms. The molecule has 0 amide bonds. The highest BCUT2D eigenvalue weighted by Crippen LogP contribution is 2.11. The maximum atomic E-state index is 11.4. The van der Waals surface area contributed by atoms with Crippen LogP contribution in [0, 0.1) is 10.1 Å². The maximum absolute atomic E-state index is 11.4. The zero-order valence-corrected chi connectivity index (χ0v) is 10.2. The second-order valence-corrected chi connectivity index (χ2v) is 5.19. The summed E-state index contributed by atoms with van der Waals surface area (Å²) in [5.41, 5.74) is 7.37. The SMILES string of the molecule is NCCCS(=O)(=O)NNc1ccc([N+](=O)[O-])cn1. The fourth-order valence-corrected chi connectivity index (χ4v) is 1.93. The van der Waals surface area contributed by atoms with Crippen molar-refractivity contribution < 1.29 is 13.3 Å². The molecule has 9 nitrogen and oxygen atoms in total. The van der Waals surface area contributed by atoms with E-state index in [0.29, 0.717) is 6.42 Å². The summed E-state index contributed by atoms with van der Waals surface area (Å²) >= 11 is 0. The van der Waals surface area contributed by atoms with Crippen molar-refractivity contribution in [1.82, 2.24) is 9.82 Å². The molecule has 100 valence electrons. The average Bonchev–Trinajstić information content (AvgIpc) is 2.35. The second kappa shape index (κ2) is 6.23. The molecule has 0 spiro atoms. The number of rotatable bonds is 7. The molecule has 0 saturated heterocycles. The van der Waals surface area contributed by atoms with Crippen molar-refractivity contribution in [2.24, 2.45) is 5.73 Å². The molecule has 0 aliphatic rings. The molecular formula is C8H13N5O4S. The van der Waals surface area contributed by atoms with E-state index in [1.54, 1.807) is 0 Å². The third kappa shape index (κ3) is 4.61. The zero-order chi connectivity index (χ0) is 13.6. The summed E-state index contributed by atoms with van der Waals surface area (Å²) in [5, 5.41) is 10.4. The van der Waals surface area contributed by atoms with Gasteiger partial charge in [-0.1, -0.05) is 0 Å². The molecule has 0 fully saturated rings. The number of aromatic nitrogens is 1. The quantitative estimate of drug-likeness (QED) is 0.453. The standard InChI is InChI=1S/C8H13N5O4S/c9-4-1-5-18(16,17)12-11-8-3-2-7(6-10-8)13(14)15/h2-3,6,12H,1,4-5,9H2,(H,10,11). The number of nitrogens with one attached hydrogen (secondary N) is 2. The summed E-state index contributed by atoms with van der Waals surface area (Å²) in [7, 11) is -3.48. The van der Waals surface area contributed by atoms with Crippen molar-refractivity contribution in [3.05, 3.63) is 28.4 Å². The molecule has 0 unspecified atom stereocenters. The van der Waals surface area contributed by atoms with E-state index in [4.69, 9.17) is 5.73 Å². The number of pyridine rings is 1. The van der Waals surface area contributed by atoms with Crippen molar-refractivity contribution in [2.75, 3.05) is 17.7 Å². The largest absolute Gasteiger partial charge is 0.330 e. The molecule has 0 bridgehead atoms. The minimum absolute atomic E-state index is 0.108. The lowest BCUT2D eigenvalue weighted by molar-refractivity contribution is -0.385. The van der Waals surface area contributed by atoms with Gasteiger partial charge in [-0.3, -0.25) is 15.5 Å². The van der Waals surface area contributed by atoms with Gasteiger partial charge in [0.2, 0.25) is 10.0 Å². The maximum Gasteiger partial charge on any atom is 0.287 e. The van der Waals surface area contributed by atoms with E-state index in [0.717, 1.165) is 6.20 Å². The van der Waals surface area contributed by atoms with Crippen molar-refractivity contribution in [2.45, 2.75) is 6.42 Å². The van der Waals surface area contributed by atoms with Gasteiger partial charge in [-0.05, 0) is 19.0 Å². The van der Waals surface area contributed by atoms with Gasteiger partial charge in [-0.2, -0.15) is 0 Å². The lowest BCUT2D eigenvalue weighted by Gasteiger charge is -2.07. The van der Waals surface area contributed by atoms with Gasteiger partial charge < -0.3 is 5.73 Å². The highest BCUT2D eigenvalue weighted by atomic mass is 32.2. The number of hydrazine groups is 1. The zero-order valence-electron chi connectivity index (χ0n) is 9.37. The smallest absolute Gasteiger partial charge is 0.287 e. The Kier molecular flexibility index (Phi) is 4.95. The summed E-state index contributed by atoms with van der Waals surface area (Å²) in [6.07, 6.45) is 1.36. The highest BCUT2D eigenvalue weighted by Gasteiger charge is 2.10. The van der Waals surface area contributed by atoms with Crippen LogP contribution in [0.1, 0.15) is 6.42 Å². The van der Waals surface area contributed by atoms with E-state index in [1.807, 2.05) is 0 Å². The first kappa shape index (κ1) is 14.3. The Hall–Kier alpha value is -1.78. The number of sulfonamides is 1. The van der Waals surface area contributed by atoms with Gasteiger partial charge in [-0.15, -0.1) is 4.83 Å². The summed E-state index contributed by atoms with van der Waals surface area (Å²) in [6, 6.07) is 2.51. The number of nitrogens with two attached hydrogens (primary N) is 1. The van der Waals surface area contributed by atoms with Crippen molar-refractivity contribution in [3.63, 3.8) is 0 Å². The van der Waals surface area contributed by atoms with Crippen LogP contribution >= 0.6 is 0 Å². The molecule has 0 radical (unpaired) electrons. The Morgan fingerprint density at radius 1 is 1.44 bits per heavy atom. The number of hydrogen-bond donors (Lipinski definition) is 3. The third-order valence-electron chi connectivity index (χ3n) is 1.91. The topological polar surface area (TPSA) is 140 Å². The van der Waals surface area contributed by atoms with Crippen LogP contribution < -0.4 is 16.0 Å². The molecule has 0 saturated carbocycles. The molecule has 4 N–H and O–H groups in total. The third-order valence-corrected chi connectivity index (χ3v) is 3.15. The molecule has 0 aromatic carbocycles. The molecule has 0 aliphatic carbocycles. The normalized spacial score (nSPS) is 11.2. The van der Waals surface area contributed by atoms with E-state index in [9.17, 15) is 18.5 Å². The monoisotopic (exact) mass is 275 g/mol. The van der Waals surface area contributed by atoms with Crippen LogP contribution in [0.5, 0.6) is 0 Å². The van der Waals surface area contributed by atoms with E-state index in [-0.39, 0.29) is 23.8 Å². The molecule has 0 atom stereocenters. The molecule has 10 heteroatoms. The van der Waals surface area contributed by atoms with E-state index < -0.39 is 14.9 Å². The van der Waals surface area contributed by atoms with E-state index in [1.165, 1.54) is 12.1 Å². The lowest BCUT2D eigenvalue weighted by Crippen LogP contribution is -2.32. The number of anilines is 1. The first-order valence-electron chi connectivity index (χ1n) is 5.00. The Labute approximate surface area is 104 Å². The van der Waals surface area contributed by atoms with Gasteiger partial charge in [0.1, 0.15) is 12.0 Å². The molecule has 1 heterocycles. The summed E-state index contributed by atoms with van der Waals surface area (Å²) in [4.78, 5) is 15.5. The number of nitrogens with zero attached hydrogens (tertiary/aromatic N) is 2. The van der Waals surface area contributed by atoms with Crippen LogP contribution in [0.4, 0.5) is 11.5 Å². The van der Waals surface area contributed by atoms with E-state index >= 15 is 0 Å². The van der Waals surface area contributed by atoms with Gasteiger partial charge in [0.05, 0.1) is 10.7 Å². The van der Waals surface area contributed by atoms with Crippen LogP contribution in [0.2, 0.25) is 0 Å². The summed E-state index contributed by atoms with van der Waals surface area (Å²) in [6.45, 7) is 0.274. The number of nitro groups is 1. The van der Waals surface area contributed by atoms with E-state index in [2.05, 4.69) is 15.2 Å². The Morgan fingerprint density at radius 2 is 2.17 bits per heavy atom. The van der Waals surface area contributed by atoms with Crippen molar-refractivity contribution in [3.8, 4) is 0 Å². The Bertz CT molecular complexity index is 501. The van der Waals surface area contributed by atoms with Crippen molar-refractivity contribution >= 4 is 21.5 Å². The van der Waals surface area contributed by atoms with Gasteiger partial charge in [-0.25, -0.2) is 13.4 Å². The Morgan fingerprint density at radius 3 is 2.67 bits per heavy atom. The molecule has 0 aliphatic heterocycles.